The lowest BCUT2D eigenvalue weighted by Crippen LogP contribution is -2.34. The number of aromatic hydroxyl groups is 1. The fourth-order valence-electron chi connectivity index (χ4n) is 1.74. The number of hydrogen-bond donors (Lipinski definition) is 2. The van der Waals surface area contributed by atoms with Crippen LogP contribution < -0.4 is 10.1 Å². The first kappa shape index (κ1) is 15.6. The van der Waals surface area contributed by atoms with E-state index in [1.807, 2.05) is 18.9 Å². The summed E-state index contributed by atoms with van der Waals surface area (Å²) < 4.78 is 5.04. The molecule has 19 heavy (non-hydrogen) atoms. The van der Waals surface area contributed by atoms with Gasteiger partial charge in [0.05, 0.1) is 18.7 Å². The number of halogens is 1. The number of phenolic OH excluding ortho intramolecular Hbond substituents is 1. The van der Waals surface area contributed by atoms with Gasteiger partial charge in [0.1, 0.15) is 0 Å². The molecule has 1 amide bonds. The zero-order valence-corrected chi connectivity index (χ0v) is 12.1. The first-order valence-corrected chi connectivity index (χ1v) is 6.36. The van der Waals surface area contributed by atoms with Crippen molar-refractivity contribution in [3.63, 3.8) is 0 Å². The molecule has 0 unspecified atom stereocenters. The minimum absolute atomic E-state index is 0.0261. The highest BCUT2D eigenvalue weighted by molar-refractivity contribution is 6.32. The summed E-state index contributed by atoms with van der Waals surface area (Å²) >= 11 is 5.91. The van der Waals surface area contributed by atoms with Crippen LogP contribution in [0.25, 0.3) is 0 Å². The Bertz CT molecular complexity index is 452. The average Bonchev–Trinajstić information content (AvgIpc) is 2.33. The van der Waals surface area contributed by atoms with Gasteiger partial charge >= 0.3 is 0 Å². The number of carbonyl (C=O) groups is 1. The average molecular weight is 287 g/mol. The maximum absolute atomic E-state index is 11.4. The normalized spacial score (nSPS) is 10.6. The number of amides is 1. The number of carbonyl (C=O) groups excluding carboxylic acids is 1. The van der Waals surface area contributed by atoms with E-state index in [0.717, 1.165) is 5.56 Å². The molecule has 0 aliphatic heterocycles. The lowest BCUT2D eigenvalue weighted by atomic mass is 10.2. The van der Waals surface area contributed by atoms with Gasteiger partial charge in [-0.1, -0.05) is 11.6 Å². The van der Waals surface area contributed by atoms with Crippen molar-refractivity contribution in [1.29, 1.82) is 0 Å². The van der Waals surface area contributed by atoms with Crippen LogP contribution in [0.3, 0.4) is 0 Å². The number of ether oxygens (including phenoxy) is 1. The third-order valence-electron chi connectivity index (χ3n) is 2.55. The molecule has 0 saturated carbocycles. The summed E-state index contributed by atoms with van der Waals surface area (Å²) in [5.41, 5.74) is 0.867. The first-order valence-electron chi connectivity index (χ1n) is 5.98. The molecule has 1 rings (SSSR count). The standard InChI is InChI=1S/C13H19ClN2O3/c1-4-15-12(17)8-16(2)7-9-5-10(14)13(18)11(6-9)19-3/h5-6,18H,4,7-8H2,1-3H3,(H,15,17). The molecule has 0 aliphatic rings. The Morgan fingerprint density at radius 3 is 2.79 bits per heavy atom. The molecule has 2 N–H and O–H groups in total. The fourth-order valence-corrected chi connectivity index (χ4v) is 1.97. The topological polar surface area (TPSA) is 61.8 Å². The van der Waals surface area contributed by atoms with Gasteiger partial charge in [0.2, 0.25) is 5.91 Å². The molecular weight excluding hydrogens is 268 g/mol. The SMILES string of the molecule is CCNC(=O)CN(C)Cc1cc(Cl)c(O)c(OC)c1. The van der Waals surface area contributed by atoms with Crippen LogP contribution >= 0.6 is 11.6 Å². The molecule has 0 aromatic heterocycles. The maximum Gasteiger partial charge on any atom is 0.234 e. The van der Waals surface area contributed by atoms with Crippen molar-refractivity contribution in [3.8, 4) is 11.5 Å². The lowest BCUT2D eigenvalue weighted by Gasteiger charge is -2.17. The highest BCUT2D eigenvalue weighted by Crippen LogP contribution is 2.35. The number of rotatable bonds is 6. The molecule has 106 valence electrons. The molecule has 0 spiro atoms. The predicted molar refractivity (Wildman–Crippen MR) is 74.7 cm³/mol. The quantitative estimate of drug-likeness (QED) is 0.834. The van der Waals surface area contributed by atoms with Crippen molar-refractivity contribution in [1.82, 2.24) is 10.2 Å². The van der Waals surface area contributed by atoms with Crippen LogP contribution in [0.15, 0.2) is 12.1 Å². The Hall–Kier alpha value is -1.46. The summed E-state index contributed by atoms with van der Waals surface area (Å²) in [5, 5.41) is 12.6. The summed E-state index contributed by atoms with van der Waals surface area (Å²) in [7, 11) is 3.30. The molecule has 0 atom stereocenters. The van der Waals surface area contributed by atoms with Crippen LogP contribution in [0.1, 0.15) is 12.5 Å². The van der Waals surface area contributed by atoms with E-state index in [-0.39, 0.29) is 16.7 Å². The third-order valence-corrected chi connectivity index (χ3v) is 2.84. The van der Waals surface area contributed by atoms with Gasteiger partial charge in [0.25, 0.3) is 0 Å². The van der Waals surface area contributed by atoms with E-state index in [1.165, 1.54) is 7.11 Å². The van der Waals surface area contributed by atoms with Crippen molar-refractivity contribution in [2.45, 2.75) is 13.5 Å². The minimum Gasteiger partial charge on any atom is -0.503 e. The number of nitrogens with one attached hydrogen (secondary N) is 1. The van der Waals surface area contributed by atoms with Crippen LogP contribution in [0.2, 0.25) is 5.02 Å². The molecule has 0 aliphatic carbocycles. The number of methoxy groups -OCH3 is 1. The van der Waals surface area contributed by atoms with Crippen LogP contribution in [-0.4, -0.2) is 43.2 Å². The van der Waals surface area contributed by atoms with E-state index in [1.54, 1.807) is 12.1 Å². The molecule has 6 heteroatoms. The summed E-state index contributed by atoms with van der Waals surface area (Å²) in [6.45, 7) is 3.33. The van der Waals surface area contributed by atoms with Gasteiger partial charge in [-0.05, 0) is 31.7 Å². The summed E-state index contributed by atoms with van der Waals surface area (Å²) in [6, 6.07) is 3.36. The van der Waals surface area contributed by atoms with Gasteiger partial charge in [-0.25, -0.2) is 0 Å². The van der Waals surface area contributed by atoms with Gasteiger partial charge in [-0.15, -0.1) is 0 Å². The van der Waals surface area contributed by atoms with E-state index >= 15 is 0 Å². The zero-order valence-electron chi connectivity index (χ0n) is 11.4. The molecule has 0 saturated heterocycles. The lowest BCUT2D eigenvalue weighted by molar-refractivity contribution is -0.121. The Labute approximate surface area is 118 Å². The van der Waals surface area contributed by atoms with Crippen LogP contribution in [-0.2, 0) is 11.3 Å². The molecule has 5 nitrogen and oxygen atoms in total. The van der Waals surface area contributed by atoms with Crippen LogP contribution in [0.4, 0.5) is 0 Å². The van der Waals surface area contributed by atoms with E-state index < -0.39 is 0 Å². The Balaban J connectivity index is 2.71. The smallest absolute Gasteiger partial charge is 0.234 e. The minimum atomic E-state index is -0.0701. The van der Waals surface area contributed by atoms with Gasteiger partial charge in [-0.3, -0.25) is 9.69 Å². The number of benzene rings is 1. The van der Waals surface area contributed by atoms with Crippen molar-refractivity contribution >= 4 is 17.5 Å². The van der Waals surface area contributed by atoms with Crippen LogP contribution in [0.5, 0.6) is 11.5 Å². The molecule has 0 fully saturated rings. The maximum atomic E-state index is 11.4. The van der Waals surface area contributed by atoms with Crippen LogP contribution in [0, 0.1) is 0 Å². The van der Waals surface area contributed by atoms with E-state index in [9.17, 15) is 9.90 Å². The number of hydrogen-bond acceptors (Lipinski definition) is 4. The summed E-state index contributed by atoms with van der Waals surface area (Å²) in [4.78, 5) is 13.3. The number of phenols is 1. The largest absolute Gasteiger partial charge is 0.503 e. The Kier molecular flexibility index (Phi) is 5.92. The molecule has 0 heterocycles. The monoisotopic (exact) mass is 286 g/mol. The summed E-state index contributed by atoms with van der Waals surface area (Å²) in [6.07, 6.45) is 0. The van der Waals surface area contributed by atoms with E-state index in [4.69, 9.17) is 16.3 Å². The fraction of sp³-hybridized carbons (Fsp3) is 0.462. The zero-order chi connectivity index (χ0) is 14.4. The molecule has 0 radical (unpaired) electrons. The molecular formula is C13H19ClN2O3. The Morgan fingerprint density at radius 2 is 2.21 bits per heavy atom. The molecule has 1 aromatic rings. The highest BCUT2D eigenvalue weighted by Gasteiger charge is 2.11. The van der Waals surface area contributed by atoms with Gasteiger partial charge in [-0.2, -0.15) is 0 Å². The van der Waals surface area contributed by atoms with Crippen molar-refractivity contribution < 1.29 is 14.6 Å². The number of nitrogens with zero attached hydrogens (tertiary/aromatic N) is 1. The van der Waals surface area contributed by atoms with E-state index in [0.29, 0.717) is 25.4 Å². The second-order valence-electron chi connectivity index (χ2n) is 4.25. The second-order valence-corrected chi connectivity index (χ2v) is 4.66. The number of likely N-dealkylation sites (N-methyl/N-ethyl adjacent to an activating group) is 2. The van der Waals surface area contributed by atoms with Gasteiger partial charge in [0.15, 0.2) is 11.5 Å². The second kappa shape index (κ2) is 7.21. The molecule has 0 bridgehead atoms. The predicted octanol–water partition coefficient (Wildman–Crippen LogP) is 1.62. The van der Waals surface area contributed by atoms with Crippen molar-refractivity contribution in [2.75, 3.05) is 27.2 Å². The van der Waals surface area contributed by atoms with Gasteiger partial charge in [0, 0.05) is 13.1 Å². The third kappa shape index (κ3) is 4.61. The van der Waals surface area contributed by atoms with E-state index in [2.05, 4.69) is 5.32 Å². The Morgan fingerprint density at radius 1 is 1.53 bits per heavy atom. The molecule has 1 aromatic carbocycles. The van der Waals surface area contributed by atoms with Crippen molar-refractivity contribution in [3.05, 3.63) is 22.7 Å². The summed E-state index contributed by atoms with van der Waals surface area (Å²) in [5.74, 6) is 0.232. The first-order chi connectivity index (χ1) is 8.97. The highest BCUT2D eigenvalue weighted by atomic mass is 35.5. The van der Waals surface area contributed by atoms with Gasteiger partial charge < -0.3 is 15.2 Å². The van der Waals surface area contributed by atoms with Crippen molar-refractivity contribution in [2.24, 2.45) is 0 Å².